The number of rotatable bonds is 11. The van der Waals surface area contributed by atoms with Gasteiger partial charge in [-0.2, -0.15) is 18.2 Å². The third-order valence-corrected chi connectivity index (χ3v) is 4.26. The van der Waals surface area contributed by atoms with Gasteiger partial charge < -0.3 is 36.3 Å². The molecule has 2 heterocycles. The number of nitrogens with zero attached hydrogens (tertiary/aromatic N) is 3. The molecule has 12 nitrogen and oxygen atoms in total. The first-order chi connectivity index (χ1) is 17.1. The van der Waals surface area contributed by atoms with E-state index < -0.39 is 36.2 Å². The van der Waals surface area contributed by atoms with E-state index in [1.54, 1.807) is 0 Å². The molecule has 2 rings (SSSR count). The number of carboxylic acids is 3. The van der Waals surface area contributed by atoms with E-state index in [4.69, 9.17) is 35.7 Å². The molecule has 0 bridgehead atoms. The van der Waals surface area contributed by atoms with Gasteiger partial charge in [-0.15, -0.1) is 0 Å². The molecule has 0 radical (unpaired) electrons. The van der Waals surface area contributed by atoms with E-state index in [2.05, 4.69) is 15.0 Å². The topological polar surface area (TPSA) is 210 Å². The molecule has 34 heavy (non-hydrogen) atoms. The SMILES string of the molecule is O=C(O)C(F)(F)F.[2H]c1c2[nH]c(=NCCC[C@H](N)C(=O)O)nc-2n(CCCC[C@H](N)C(=O)O)c([2H])c1[2H]. The number of carboxylic acid groups (broad SMARTS) is 3. The number of nitrogens with two attached hydrogens (primary N) is 2. The van der Waals surface area contributed by atoms with Crippen molar-refractivity contribution in [2.75, 3.05) is 6.54 Å². The number of H-pyrrole nitrogens is 1. The molecule has 2 aliphatic heterocycles. The summed E-state index contributed by atoms with van der Waals surface area (Å²) in [5.41, 5.74) is 11.4. The van der Waals surface area contributed by atoms with E-state index in [0.717, 1.165) is 0 Å². The Labute approximate surface area is 195 Å². The third-order valence-electron chi connectivity index (χ3n) is 4.26. The Morgan fingerprint density at radius 1 is 1.12 bits per heavy atom. The molecule has 8 N–H and O–H groups in total. The lowest BCUT2D eigenvalue weighted by Crippen LogP contribution is -2.30. The molecular weight excluding hydrogens is 465 g/mol. The van der Waals surface area contributed by atoms with Gasteiger partial charge in [0, 0.05) is 19.3 Å². The summed E-state index contributed by atoms with van der Waals surface area (Å²) >= 11 is 0. The summed E-state index contributed by atoms with van der Waals surface area (Å²) in [6.07, 6.45) is -3.22. The van der Waals surface area contributed by atoms with Crippen molar-refractivity contribution in [3.63, 3.8) is 0 Å². The Hall–Kier alpha value is -3.46. The van der Waals surface area contributed by atoms with Crippen molar-refractivity contribution < 1.29 is 47.0 Å². The summed E-state index contributed by atoms with van der Waals surface area (Å²) in [6.45, 7) is 0.592. The molecule has 0 unspecified atom stereocenters. The number of aliphatic carboxylic acids is 3. The van der Waals surface area contributed by atoms with Crippen molar-refractivity contribution in [2.45, 2.75) is 56.9 Å². The highest BCUT2D eigenvalue weighted by Gasteiger charge is 2.38. The van der Waals surface area contributed by atoms with Crippen LogP contribution in [0.4, 0.5) is 13.2 Å². The number of imidazole rings is 1. The van der Waals surface area contributed by atoms with Crippen LogP contribution in [0.3, 0.4) is 0 Å². The largest absolute Gasteiger partial charge is 0.490 e. The minimum Gasteiger partial charge on any atom is -0.480 e. The van der Waals surface area contributed by atoms with Gasteiger partial charge in [0.2, 0.25) is 5.62 Å². The molecule has 15 heteroatoms. The first kappa shape index (κ1) is 23.7. The number of aromatic nitrogens is 3. The Bertz CT molecular complexity index is 1140. The molecule has 0 fully saturated rings. The molecule has 0 amide bonds. The fourth-order valence-corrected chi connectivity index (χ4v) is 2.46. The zero-order valence-corrected chi connectivity index (χ0v) is 17.8. The van der Waals surface area contributed by atoms with Crippen LogP contribution in [0.2, 0.25) is 0 Å². The first-order valence-corrected chi connectivity index (χ1v) is 9.91. The zero-order chi connectivity index (χ0) is 28.5. The molecular formula is C19H27F3N6O6. The lowest BCUT2D eigenvalue weighted by Gasteiger charge is -2.11. The van der Waals surface area contributed by atoms with Crippen LogP contribution in [-0.4, -0.2) is 72.6 Å². The van der Waals surface area contributed by atoms with Gasteiger partial charge in [0.1, 0.15) is 12.1 Å². The maximum Gasteiger partial charge on any atom is 0.490 e. The van der Waals surface area contributed by atoms with Gasteiger partial charge in [0.25, 0.3) is 0 Å². The van der Waals surface area contributed by atoms with E-state index in [-0.39, 0.29) is 49.0 Å². The summed E-state index contributed by atoms with van der Waals surface area (Å²) in [4.78, 5) is 41.8. The number of unbranched alkanes of at least 4 members (excludes halogenated alkanes) is 1. The molecule has 0 saturated carbocycles. The van der Waals surface area contributed by atoms with Gasteiger partial charge in [0.05, 0.1) is 9.81 Å². The number of pyridine rings is 1. The summed E-state index contributed by atoms with van der Waals surface area (Å²) in [7, 11) is 0. The van der Waals surface area contributed by atoms with Gasteiger partial charge in [-0.25, -0.2) is 4.79 Å². The zero-order valence-electron chi connectivity index (χ0n) is 20.8. The fraction of sp³-hybridized carbons (Fsp3) is 0.526. The number of aromatic amines is 1. The molecule has 0 aliphatic carbocycles. The van der Waals surface area contributed by atoms with Gasteiger partial charge in [-0.3, -0.25) is 14.6 Å². The summed E-state index contributed by atoms with van der Waals surface area (Å²) in [5, 5.41) is 24.7. The molecule has 190 valence electrons. The standard InChI is InChI=1S/C17H26N6O4.C2HF3O2/c18-11(15(24)25)5-1-2-9-23-10-4-7-13-14(23)22-17(21-13)20-8-3-6-12(19)16(26)27;3-2(4,5)1(6)7/h4,7,10-12H,1-3,5-6,8-9,18-19H2,(H,20,21)(H,24,25)(H,26,27);(H,6,7)/t11-,12-;/m0./s1/i4D,7D,10D;. The fourth-order valence-electron chi connectivity index (χ4n) is 2.46. The smallest absolute Gasteiger partial charge is 0.480 e. The predicted molar refractivity (Wildman–Crippen MR) is 112 cm³/mol. The highest BCUT2D eigenvalue weighted by atomic mass is 19.4. The van der Waals surface area contributed by atoms with Crippen LogP contribution >= 0.6 is 0 Å². The second-order valence-corrected chi connectivity index (χ2v) is 6.98. The second-order valence-electron chi connectivity index (χ2n) is 6.98. The molecule has 0 aromatic heterocycles. The third kappa shape index (κ3) is 9.99. The van der Waals surface area contributed by atoms with Crippen LogP contribution in [0.5, 0.6) is 0 Å². The number of hydrogen-bond donors (Lipinski definition) is 6. The minimum atomic E-state index is -5.08. The van der Waals surface area contributed by atoms with E-state index >= 15 is 0 Å². The average molecular weight is 495 g/mol. The molecule has 0 saturated heterocycles. The summed E-state index contributed by atoms with van der Waals surface area (Å²) in [5.74, 6) is -4.59. The Morgan fingerprint density at radius 2 is 1.68 bits per heavy atom. The predicted octanol–water partition coefficient (Wildman–Crippen LogP) is 0.624. The van der Waals surface area contributed by atoms with Crippen molar-refractivity contribution in [2.24, 2.45) is 16.5 Å². The maximum absolute atomic E-state index is 10.8. The molecule has 0 aromatic rings. The maximum atomic E-state index is 10.8. The van der Waals surface area contributed by atoms with E-state index in [0.29, 0.717) is 31.6 Å². The van der Waals surface area contributed by atoms with Gasteiger partial charge in [-0.05, 0) is 44.2 Å². The van der Waals surface area contributed by atoms with Gasteiger partial charge in [-0.1, -0.05) is 0 Å². The number of carbonyl (C=O) groups is 3. The number of alkyl halides is 3. The molecule has 0 aromatic carbocycles. The van der Waals surface area contributed by atoms with Crippen LogP contribution in [0.1, 0.15) is 36.2 Å². The van der Waals surface area contributed by atoms with E-state index in [1.165, 1.54) is 4.57 Å². The molecule has 2 atom stereocenters. The number of nitrogens with one attached hydrogen (secondary N) is 1. The first-order valence-electron chi connectivity index (χ1n) is 11.4. The van der Waals surface area contributed by atoms with Crippen LogP contribution < -0.4 is 17.1 Å². The molecule has 2 aliphatic rings. The van der Waals surface area contributed by atoms with Crippen molar-refractivity contribution in [1.82, 2.24) is 14.5 Å². The van der Waals surface area contributed by atoms with Crippen molar-refractivity contribution >= 4 is 17.9 Å². The summed E-state index contributed by atoms with van der Waals surface area (Å²) in [6, 6.07) is -2.32. The van der Waals surface area contributed by atoms with Crippen molar-refractivity contribution in [1.29, 1.82) is 0 Å². The second kappa shape index (κ2) is 13.3. The molecule has 0 spiro atoms. The Kier molecular flexibility index (Phi) is 9.26. The van der Waals surface area contributed by atoms with Gasteiger partial charge >= 0.3 is 24.1 Å². The van der Waals surface area contributed by atoms with E-state index in [9.17, 15) is 22.8 Å². The monoisotopic (exact) mass is 495 g/mol. The lowest BCUT2D eigenvalue weighted by atomic mass is 10.1. The quantitative estimate of drug-likeness (QED) is 0.241. The highest BCUT2D eigenvalue weighted by Crippen LogP contribution is 2.15. The highest BCUT2D eigenvalue weighted by molar-refractivity contribution is 5.73. The van der Waals surface area contributed by atoms with Crippen molar-refractivity contribution in [3.8, 4) is 11.5 Å². The van der Waals surface area contributed by atoms with Crippen LogP contribution in [-0.2, 0) is 20.9 Å². The summed E-state index contributed by atoms with van der Waals surface area (Å²) < 4.78 is 57.4. The van der Waals surface area contributed by atoms with Gasteiger partial charge in [0.15, 0.2) is 5.82 Å². The Morgan fingerprint density at radius 3 is 2.21 bits per heavy atom. The average Bonchev–Trinajstić information content (AvgIpc) is 3.23. The van der Waals surface area contributed by atoms with Crippen LogP contribution in [0.15, 0.2) is 23.3 Å². The Balaban J connectivity index is 0.000000856. The lowest BCUT2D eigenvalue weighted by molar-refractivity contribution is -0.192. The van der Waals surface area contributed by atoms with Crippen molar-refractivity contribution in [3.05, 3.63) is 23.9 Å². The van der Waals surface area contributed by atoms with Crippen LogP contribution in [0, 0.1) is 0 Å². The number of hydrogen-bond acceptors (Lipinski definition) is 7. The van der Waals surface area contributed by atoms with Crippen LogP contribution in [0.25, 0.3) is 11.5 Å². The minimum absolute atomic E-state index is 0.166. The van der Waals surface area contributed by atoms with E-state index in [1.807, 2.05) is 0 Å². The number of halogens is 3. The number of fused-ring (bicyclic) bond motifs is 1. The normalized spacial score (nSPS) is 15.0.